The van der Waals surface area contributed by atoms with E-state index in [1.165, 1.54) is 25.7 Å². The molecule has 1 saturated carbocycles. The van der Waals surface area contributed by atoms with Gasteiger partial charge in [0.25, 0.3) is 0 Å². The van der Waals surface area contributed by atoms with E-state index in [0.29, 0.717) is 6.04 Å². The first-order valence-electron chi connectivity index (χ1n) is 4.86. The maximum Gasteiger partial charge on any atom is 0.0224 e. The zero-order valence-electron chi connectivity index (χ0n) is 7.27. The third kappa shape index (κ3) is 1.57. The molecule has 0 aromatic rings. The summed E-state index contributed by atoms with van der Waals surface area (Å²) in [5.74, 6) is 0. The molecule has 0 aromatic heterocycles. The minimum Gasteiger partial charge on any atom is -0.311 e. The Hall–Kier alpha value is -0.0800. The van der Waals surface area contributed by atoms with Crippen LogP contribution in [0.2, 0.25) is 0 Å². The third-order valence-electron chi connectivity index (χ3n) is 2.95. The molecule has 0 aromatic carbocycles. The lowest BCUT2D eigenvalue weighted by Crippen LogP contribution is -2.60. The first kappa shape index (κ1) is 7.56. The Morgan fingerprint density at radius 2 is 1.82 bits per heavy atom. The fourth-order valence-corrected chi connectivity index (χ4v) is 2.33. The molecule has 2 N–H and O–H groups in total. The molecule has 3 atom stereocenters. The smallest absolute Gasteiger partial charge is 0.0224 e. The highest BCUT2D eigenvalue weighted by Gasteiger charge is 2.29. The largest absolute Gasteiger partial charge is 0.311 e. The summed E-state index contributed by atoms with van der Waals surface area (Å²) < 4.78 is 0. The minimum atomic E-state index is 0.675. The van der Waals surface area contributed by atoms with Crippen LogP contribution >= 0.6 is 0 Å². The highest BCUT2D eigenvalue weighted by molar-refractivity contribution is 4.92. The number of hydrogen-bond donors (Lipinski definition) is 2. The SMILES string of the molecule is C[C@@H]1CNC2CCCC[C@@H]2N1. The number of rotatable bonds is 0. The van der Waals surface area contributed by atoms with Crippen LogP contribution in [0, 0.1) is 0 Å². The molecule has 1 heterocycles. The molecule has 1 aliphatic heterocycles. The van der Waals surface area contributed by atoms with Crippen LogP contribution in [0.15, 0.2) is 0 Å². The second-order valence-electron chi connectivity index (χ2n) is 3.97. The molecule has 0 amide bonds. The molecule has 0 radical (unpaired) electrons. The van der Waals surface area contributed by atoms with Crippen LogP contribution in [-0.4, -0.2) is 24.7 Å². The van der Waals surface area contributed by atoms with Gasteiger partial charge in [0.15, 0.2) is 0 Å². The van der Waals surface area contributed by atoms with Gasteiger partial charge in [-0.3, -0.25) is 0 Å². The van der Waals surface area contributed by atoms with Gasteiger partial charge in [-0.25, -0.2) is 0 Å². The number of nitrogens with one attached hydrogen (secondary N) is 2. The zero-order chi connectivity index (χ0) is 7.68. The van der Waals surface area contributed by atoms with E-state index in [4.69, 9.17) is 0 Å². The number of hydrogen-bond acceptors (Lipinski definition) is 2. The summed E-state index contributed by atoms with van der Waals surface area (Å²) in [4.78, 5) is 0. The Labute approximate surface area is 68.7 Å². The molecule has 2 aliphatic rings. The molecule has 64 valence electrons. The molecule has 2 heteroatoms. The van der Waals surface area contributed by atoms with E-state index >= 15 is 0 Å². The lowest BCUT2D eigenvalue weighted by Gasteiger charge is -2.40. The fourth-order valence-electron chi connectivity index (χ4n) is 2.33. The third-order valence-corrected chi connectivity index (χ3v) is 2.95. The van der Waals surface area contributed by atoms with E-state index in [2.05, 4.69) is 17.6 Å². The van der Waals surface area contributed by atoms with Gasteiger partial charge in [0.1, 0.15) is 0 Å². The quantitative estimate of drug-likeness (QED) is 0.541. The van der Waals surface area contributed by atoms with Crippen molar-refractivity contribution < 1.29 is 0 Å². The first-order valence-corrected chi connectivity index (χ1v) is 4.86. The average molecular weight is 154 g/mol. The second-order valence-corrected chi connectivity index (χ2v) is 3.97. The van der Waals surface area contributed by atoms with E-state index in [9.17, 15) is 0 Å². The van der Waals surface area contributed by atoms with Crippen molar-refractivity contribution in [2.75, 3.05) is 6.54 Å². The summed E-state index contributed by atoms with van der Waals surface area (Å²) >= 11 is 0. The molecular formula is C9H18N2. The van der Waals surface area contributed by atoms with Crippen molar-refractivity contribution in [2.45, 2.75) is 50.7 Å². The molecule has 2 nitrogen and oxygen atoms in total. The number of piperazine rings is 1. The fraction of sp³-hybridized carbons (Fsp3) is 1.00. The predicted molar refractivity (Wildman–Crippen MR) is 46.6 cm³/mol. The molecule has 0 spiro atoms. The maximum atomic E-state index is 3.66. The molecule has 11 heavy (non-hydrogen) atoms. The van der Waals surface area contributed by atoms with Crippen LogP contribution in [-0.2, 0) is 0 Å². The topological polar surface area (TPSA) is 24.1 Å². The average Bonchev–Trinajstić information content (AvgIpc) is 2.04. The summed E-state index contributed by atoms with van der Waals surface area (Å²) in [6.45, 7) is 3.42. The monoisotopic (exact) mass is 154 g/mol. The first-order chi connectivity index (χ1) is 5.36. The van der Waals surface area contributed by atoms with Crippen molar-refractivity contribution in [3.8, 4) is 0 Å². The molecule has 1 unspecified atom stereocenters. The van der Waals surface area contributed by atoms with Gasteiger partial charge >= 0.3 is 0 Å². The normalized spacial score (nSPS) is 45.0. The van der Waals surface area contributed by atoms with E-state index in [-0.39, 0.29) is 0 Å². The lowest BCUT2D eigenvalue weighted by molar-refractivity contribution is 0.219. The molecule has 2 rings (SSSR count). The standard InChI is InChI=1S/C9H18N2/c1-7-6-10-8-4-2-3-5-9(8)11-7/h7-11H,2-6H2,1H3/t7-,8?,9+/m1/s1. The number of fused-ring (bicyclic) bond motifs is 1. The van der Waals surface area contributed by atoms with Gasteiger partial charge in [0.2, 0.25) is 0 Å². The van der Waals surface area contributed by atoms with Gasteiger partial charge < -0.3 is 10.6 Å². The summed E-state index contributed by atoms with van der Waals surface area (Å²) in [7, 11) is 0. The molecule has 0 bridgehead atoms. The lowest BCUT2D eigenvalue weighted by atomic mass is 9.88. The molecule has 2 fully saturated rings. The summed E-state index contributed by atoms with van der Waals surface area (Å²) in [5.41, 5.74) is 0. The van der Waals surface area contributed by atoms with E-state index in [1.54, 1.807) is 0 Å². The highest BCUT2D eigenvalue weighted by atomic mass is 15.1. The van der Waals surface area contributed by atoms with Crippen molar-refractivity contribution in [2.24, 2.45) is 0 Å². The van der Waals surface area contributed by atoms with Crippen LogP contribution in [0.25, 0.3) is 0 Å². The van der Waals surface area contributed by atoms with Gasteiger partial charge in [-0.15, -0.1) is 0 Å². The van der Waals surface area contributed by atoms with E-state index in [0.717, 1.165) is 18.6 Å². The van der Waals surface area contributed by atoms with Gasteiger partial charge in [-0.2, -0.15) is 0 Å². The van der Waals surface area contributed by atoms with Gasteiger partial charge in [0.05, 0.1) is 0 Å². The summed E-state index contributed by atoms with van der Waals surface area (Å²) in [5, 5.41) is 7.26. The van der Waals surface area contributed by atoms with Gasteiger partial charge in [0, 0.05) is 24.7 Å². The Kier molecular flexibility index (Phi) is 2.14. The van der Waals surface area contributed by atoms with Crippen molar-refractivity contribution in [3.05, 3.63) is 0 Å². The van der Waals surface area contributed by atoms with Crippen molar-refractivity contribution in [1.82, 2.24) is 10.6 Å². The Balaban J connectivity index is 1.93. The molecule has 1 aliphatic carbocycles. The van der Waals surface area contributed by atoms with Gasteiger partial charge in [-0.05, 0) is 19.8 Å². The molecule has 1 saturated heterocycles. The van der Waals surface area contributed by atoms with Crippen molar-refractivity contribution >= 4 is 0 Å². The maximum absolute atomic E-state index is 3.66. The van der Waals surface area contributed by atoms with Crippen molar-refractivity contribution in [3.63, 3.8) is 0 Å². The van der Waals surface area contributed by atoms with Crippen LogP contribution in [0.1, 0.15) is 32.6 Å². The van der Waals surface area contributed by atoms with Crippen molar-refractivity contribution in [1.29, 1.82) is 0 Å². The van der Waals surface area contributed by atoms with Crippen LogP contribution in [0.5, 0.6) is 0 Å². The zero-order valence-corrected chi connectivity index (χ0v) is 7.27. The second kappa shape index (κ2) is 3.11. The Morgan fingerprint density at radius 1 is 1.09 bits per heavy atom. The van der Waals surface area contributed by atoms with Gasteiger partial charge in [-0.1, -0.05) is 12.8 Å². The van der Waals surface area contributed by atoms with Crippen LogP contribution in [0.4, 0.5) is 0 Å². The van der Waals surface area contributed by atoms with E-state index < -0.39 is 0 Å². The summed E-state index contributed by atoms with van der Waals surface area (Å²) in [6, 6.07) is 2.22. The Morgan fingerprint density at radius 3 is 2.64 bits per heavy atom. The van der Waals surface area contributed by atoms with Crippen LogP contribution < -0.4 is 10.6 Å². The Bertz CT molecular complexity index is 136. The minimum absolute atomic E-state index is 0.675. The molecular weight excluding hydrogens is 136 g/mol. The van der Waals surface area contributed by atoms with E-state index in [1.807, 2.05) is 0 Å². The van der Waals surface area contributed by atoms with Crippen LogP contribution in [0.3, 0.4) is 0 Å². The predicted octanol–water partition coefficient (Wildman–Crippen LogP) is 0.879. The highest BCUT2D eigenvalue weighted by Crippen LogP contribution is 2.20. The summed E-state index contributed by atoms with van der Waals surface area (Å²) in [6.07, 6.45) is 5.60.